The van der Waals surface area contributed by atoms with Crippen LogP contribution in [0, 0.1) is 5.92 Å². The van der Waals surface area contributed by atoms with Gasteiger partial charge >= 0.3 is 0 Å². The Morgan fingerprint density at radius 2 is 2.00 bits per heavy atom. The molecule has 1 aliphatic carbocycles. The fraction of sp³-hybridized carbons (Fsp3) is 0.520. The summed E-state index contributed by atoms with van der Waals surface area (Å²) < 4.78 is 5.61. The number of hydrogen-bond donors (Lipinski definition) is 2. The van der Waals surface area contributed by atoms with Crippen LogP contribution < -0.4 is 15.5 Å². The quantitative estimate of drug-likeness (QED) is 0.735. The van der Waals surface area contributed by atoms with Crippen LogP contribution in [0.2, 0.25) is 0 Å². The maximum atomic E-state index is 13.0. The van der Waals surface area contributed by atoms with Gasteiger partial charge < -0.3 is 20.0 Å². The Morgan fingerprint density at radius 3 is 2.81 bits per heavy atom. The predicted molar refractivity (Wildman–Crippen MR) is 121 cm³/mol. The second-order valence-electron chi connectivity index (χ2n) is 9.28. The van der Waals surface area contributed by atoms with Gasteiger partial charge in [-0.25, -0.2) is 0 Å². The Balaban J connectivity index is 1.41. The van der Waals surface area contributed by atoms with Gasteiger partial charge in [-0.3, -0.25) is 9.59 Å². The molecule has 1 fully saturated rings. The molecule has 3 unspecified atom stereocenters. The normalized spacial score (nSPS) is 23.0. The zero-order valence-corrected chi connectivity index (χ0v) is 18.7. The average Bonchev–Trinajstić information content (AvgIpc) is 3.32. The Labute approximate surface area is 184 Å². The highest BCUT2D eigenvalue weighted by Crippen LogP contribution is 2.33. The third-order valence-corrected chi connectivity index (χ3v) is 6.45. The molecule has 3 atom stereocenters. The Hall–Kier alpha value is -2.76. The van der Waals surface area contributed by atoms with Crippen LogP contribution in [0.1, 0.15) is 68.1 Å². The molecule has 1 saturated carbocycles. The van der Waals surface area contributed by atoms with Crippen molar-refractivity contribution in [3.05, 3.63) is 53.5 Å². The van der Waals surface area contributed by atoms with Crippen molar-refractivity contribution in [2.45, 2.75) is 77.5 Å². The molecular weight excluding hydrogens is 390 g/mol. The third-order valence-electron chi connectivity index (χ3n) is 6.45. The second-order valence-corrected chi connectivity index (χ2v) is 9.28. The SMILES string of the molecule is CC(C)NC(=O)C1CCCC(NC(=O)c2occc2CN2c3ccccc3CC2C)C1. The summed E-state index contributed by atoms with van der Waals surface area (Å²) in [7, 11) is 0. The number of anilines is 1. The number of rotatable bonds is 6. The van der Waals surface area contributed by atoms with Crippen molar-refractivity contribution < 1.29 is 14.0 Å². The summed E-state index contributed by atoms with van der Waals surface area (Å²) in [5.41, 5.74) is 3.47. The fourth-order valence-corrected chi connectivity index (χ4v) is 4.93. The largest absolute Gasteiger partial charge is 0.459 e. The summed E-state index contributed by atoms with van der Waals surface area (Å²) in [6, 6.07) is 10.8. The van der Waals surface area contributed by atoms with Crippen LogP contribution >= 0.6 is 0 Å². The Bertz CT molecular complexity index is 936. The minimum absolute atomic E-state index is 0.00597. The molecule has 2 aliphatic rings. The van der Waals surface area contributed by atoms with Gasteiger partial charge in [0.1, 0.15) is 0 Å². The van der Waals surface area contributed by atoms with Gasteiger partial charge in [0.15, 0.2) is 5.76 Å². The molecule has 6 nitrogen and oxygen atoms in total. The van der Waals surface area contributed by atoms with E-state index in [4.69, 9.17) is 4.42 Å². The lowest BCUT2D eigenvalue weighted by molar-refractivity contribution is -0.126. The van der Waals surface area contributed by atoms with E-state index in [-0.39, 0.29) is 29.8 Å². The minimum Gasteiger partial charge on any atom is -0.459 e. The number of para-hydroxylation sites is 1. The molecule has 0 bridgehead atoms. The fourth-order valence-electron chi connectivity index (χ4n) is 4.93. The molecule has 6 heteroatoms. The van der Waals surface area contributed by atoms with Crippen molar-refractivity contribution in [3.8, 4) is 0 Å². The summed E-state index contributed by atoms with van der Waals surface area (Å²) >= 11 is 0. The van der Waals surface area contributed by atoms with Crippen molar-refractivity contribution in [1.29, 1.82) is 0 Å². The maximum absolute atomic E-state index is 13.0. The predicted octanol–water partition coefficient (Wildman–Crippen LogP) is 4.04. The molecule has 31 heavy (non-hydrogen) atoms. The number of fused-ring (bicyclic) bond motifs is 1. The van der Waals surface area contributed by atoms with Crippen LogP contribution in [0.15, 0.2) is 41.0 Å². The number of hydrogen-bond acceptors (Lipinski definition) is 4. The molecule has 1 aromatic heterocycles. The third kappa shape index (κ3) is 4.78. The maximum Gasteiger partial charge on any atom is 0.287 e. The smallest absolute Gasteiger partial charge is 0.287 e. The van der Waals surface area contributed by atoms with E-state index in [2.05, 4.69) is 46.7 Å². The van der Waals surface area contributed by atoms with E-state index in [1.54, 1.807) is 6.26 Å². The number of carbonyl (C=O) groups excluding carboxylic acids is 2. The molecule has 0 spiro atoms. The lowest BCUT2D eigenvalue weighted by Crippen LogP contribution is -2.44. The van der Waals surface area contributed by atoms with Crippen LogP contribution in [0.5, 0.6) is 0 Å². The topological polar surface area (TPSA) is 74.6 Å². The Morgan fingerprint density at radius 1 is 1.19 bits per heavy atom. The van der Waals surface area contributed by atoms with Crippen LogP contribution in [-0.4, -0.2) is 29.9 Å². The van der Waals surface area contributed by atoms with Gasteiger partial charge in [0.05, 0.1) is 6.26 Å². The van der Waals surface area contributed by atoms with Gasteiger partial charge in [-0.05, 0) is 64.2 Å². The molecule has 2 aromatic rings. The van der Waals surface area contributed by atoms with Gasteiger partial charge in [0.25, 0.3) is 5.91 Å². The molecule has 2 N–H and O–H groups in total. The molecule has 1 aromatic carbocycles. The van der Waals surface area contributed by atoms with Crippen molar-refractivity contribution in [1.82, 2.24) is 10.6 Å². The number of carbonyl (C=O) groups is 2. The van der Waals surface area contributed by atoms with Crippen molar-refractivity contribution >= 4 is 17.5 Å². The molecule has 0 saturated heterocycles. The second kappa shape index (κ2) is 9.16. The van der Waals surface area contributed by atoms with Crippen molar-refractivity contribution in [3.63, 3.8) is 0 Å². The number of amides is 2. The summed E-state index contributed by atoms with van der Waals surface area (Å²) in [5, 5.41) is 6.12. The van der Waals surface area contributed by atoms with Gasteiger partial charge in [-0.15, -0.1) is 0 Å². The lowest BCUT2D eigenvalue weighted by atomic mass is 9.85. The van der Waals surface area contributed by atoms with Crippen LogP contribution in [0.25, 0.3) is 0 Å². The van der Waals surface area contributed by atoms with Gasteiger partial charge in [0, 0.05) is 41.8 Å². The van der Waals surface area contributed by atoms with Crippen molar-refractivity contribution in [2.75, 3.05) is 4.90 Å². The van der Waals surface area contributed by atoms with Crippen LogP contribution in [-0.2, 0) is 17.8 Å². The number of benzene rings is 1. The molecule has 4 rings (SSSR count). The number of furan rings is 1. The first-order valence-electron chi connectivity index (χ1n) is 11.4. The van der Waals surface area contributed by atoms with E-state index in [1.807, 2.05) is 19.9 Å². The summed E-state index contributed by atoms with van der Waals surface area (Å²) in [6.07, 6.45) is 5.99. The minimum atomic E-state index is -0.185. The average molecular weight is 424 g/mol. The van der Waals surface area contributed by atoms with E-state index in [9.17, 15) is 9.59 Å². The molecule has 166 valence electrons. The highest BCUT2D eigenvalue weighted by atomic mass is 16.3. The van der Waals surface area contributed by atoms with Crippen LogP contribution in [0.4, 0.5) is 5.69 Å². The molecule has 2 amide bonds. The van der Waals surface area contributed by atoms with E-state index in [0.717, 1.165) is 31.2 Å². The molecule has 1 aliphatic heterocycles. The number of nitrogens with one attached hydrogen (secondary N) is 2. The van der Waals surface area contributed by atoms with Crippen molar-refractivity contribution in [2.24, 2.45) is 5.92 Å². The summed E-state index contributed by atoms with van der Waals surface area (Å²) in [5.74, 6) is 0.245. The van der Waals surface area contributed by atoms with E-state index >= 15 is 0 Å². The van der Waals surface area contributed by atoms with Gasteiger partial charge in [-0.1, -0.05) is 24.6 Å². The standard InChI is InChI=1S/C25H33N3O3/c1-16(2)26-24(29)19-8-6-9-21(14-19)27-25(30)23-20(11-12-31-23)15-28-17(3)13-18-7-4-5-10-22(18)28/h4-5,7,10-12,16-17,19,21H,6,8-9,13-15H2,1-3H3,(H,26,29)(H,27,30). The summed E-state index contributed by atoms with van der Waals surface area (Å²) in [6.45, 7) is 6.79. The molecule has 2 heterocycles. The summed E-state index contributed by atoms with van der Waals surface area (Å²) in [4.78, 5) is 27.8. The molecule has 0 radical (unpaired) electrons. The highest BCUT2D eigenvalue weighted by molar-refractivity contribution is 5.93. The molecular formula is C25H33N3O3. The first-order valence-corrected chi connectivity index (χ1v) is 11.4. The van der Waals surface area contributed by atoms with Gasteiger partial charge in [0.2, 0.25) is 5.91 Å². The van der Waals surface area contributed by atoms with E-state index < -0.39 is 0 Å². The van der Waals surface area contributed by atoms with E-state index in [0.29, 0.717) is 24.8 Å². The highest BCUT2D eigenvalue weighted by Gasteiger charge is 2.31. The van der Waals surface area contributed by atoms with Gasteiger partial charge in [-0.2, -0.15) is 0 Å². The lowest BCUT2D eigenvalue weighted by Gasteiger charge is -2.29. The van der Waals surface area contributed by atoms with E-state index in [1.165, 1.54) is 11.3 Å². The zero-order chi connectivity index (χ0) is 22.0. The first-order chi connectivity index (χ1) is 14.9. The zero-order valence-electron chi connectivity index (χ0n) is 18.7. The first kappa shape index (κ1) is 21.5. The van der Waals surface area contributed by atoms with Crippen LogP contribution in [0.3, 0.4) is 0 Å². The monoisotopic (exact) mass is 423 g/mol. The Kier molecular flexibility index (Phi) is 6.35. The number of nitrogens with zero attached hydrogens (tertiary/aromatic N) is 1.